The zero-order valence-electron chi connectivity index (χ0n) is 29.8. The average Bonchev–Trinajstić information content (AvgIpc) is 3.65. The number of carbonyl (C=O) groups excluding carboxylic acids is 2. The molecule has 12 nitrogen and oxygen atoms in total. The van der Waals surface area contributed by atoms with Crippen molar-refractivity contribution < 1.29 is 19.1 Å². The van der Waals surface area contributed by atoms with Crippen LogP contribution in [-0.2, 0) is 27.5 Å². The van der Waals surface area contributed by atoms with Crippen LogP contribution >= 0.6 is 21.6 Å². The largest absolute Gasteiger partial charge is 0.444 e. The number of alkyl carbamates (subject to hydrolysis) is 1. The van der Waals surface area contributed by atoms with Gasteiger partial charge in [0, 0.05) is 66.9 Å². The molecule has 3 aromatic heterocycles. The Morgan fingerprint density at radius 1 is 1.08 bits per heavy atom. The molecule has 2 amide bonds. The van der Waals surface area contributed by atoms with E-state index in [1.807, 2.05) is 56.1 Å². The number of anilines is 1. The van der Waals surface area contributed by atoms with Crippen molar-refractivity contribution in [2.45, 2.75) is 83.5 Å². The highest BCUT2D eigenvalue weighted by atomic mass is 35.5. The molecule has 1 aromatic carbocycles. The van der Waals surface area contributed by atoms with Crippen LogP contribution in [0.4, 0.5) is 10.6 Å². The van der Waals surface area contributed by atoms with Gasteiger partial charge in [-0.1, -0.05) is 17.7 Å². The molecule has 2 aliphatic heterocycles. The van der Waals surface area contributed by atoms with Gasteiger partial charge in [-0.05, 0) is 71.3 Å². The second kappa shape index (κ2) is 13.6. The highest BCUT2D eigenvalue weighted by Crippen LogP contribution is 2.41. The van der Waals surface area contributed by atoms with E-state index < -0.39 is 15.6 Å². The lowest BCUT2D eigenvalue weighted by Crippen LogP contribution is -2.51. The van der Waals surface area contributed by atoms with Crippen LogP contribution in [0.3, 0.4) is 0 Å². The van der Waals surface area contributed by atoms with Gasteiger partial charge in [-0.2, -0.15) is 5.10 Å². The Labute approximate surface area is 294 Å². The first-order chi connectivity index (χ1) is 23.1. The quantitative estimate of drug-likeness (QED) is 0.203. The van der Waals surface area contributed by atoms with Gasteiger partial charge in [-0.25, -0.2) is 24.8 Å². The summed E-state index contributed by atoms with van der Waals surface area (Å²) in [6.07, 6.45) is 15.9. The molecule has 49 heavy (non-hydrogen) atoms. The number of rotatable bonds is 10. The number of aromatic nitrogens is 5. The number of ether oxygens (including phenoxy) is 2. The Balaban J connectivity index is 1.31. The standard InChI is InChI=1S/C35H49ClN8O4S/c1-35(2,3)48-34(46)38-22-15-23-9-10-24(16-22)44(23)29-17-37-32-26(18-42(33(32)39-29)21-47-13-14-49(6,7)8)25-11-12-28-27(31(25)36)19-43(40-28)20-30(45)41(4)5/h11-12,17-19,22-24H,9-10,13-16,20-21H2,1-8H3,(H,38,46)/t22?,23-,24+. The van der Waals surface area contributed by atoms with Gasteiger partial charge >= 0.3 is 6.09 Å². The fourth-order valence-corrected chi connectivity index (χ4v) is 7.68. The third-order valence-electron chi connectivity index (χ3n) is 9.10. The summed E-state index contributed by atoms with van der Waals surface area (Å²) < 4.78 is 15.4. The number of hydrogen-bond donors (Lipinski definition) is 1. The molecule has 2 fully saturated rings. The molecule has 0 saturated carbocycles. The van der Waals surface area contributed by atoms with Gasteiger partial charge in [0.15, 0.2) is 5.65 Å². The number of hydrogen-bond acceptors (Lipinski definition) is 8. The first-order valence-corrected chi connectivity index (χ1v) is 20.2. The Morgan fingerprint density at radius 3 is 2.45 bits per heavy atom. The van der Waals surface area contributed by atoms with E-state index in [2.05, 4.69) is 34.1 Å². The van der Waals surface area contributed by atoms with E-state index in [1.54, 1.807) is 23.7 Å². The molecule has 4 aromatic rings. The molecular formula is C35H49ClN8O4S. The Bertz CT molecular complexity index is 1850. The van der Waals surface area contributed by atoms with E-state index in [4.69, 9.17) is 31.0 Å². The van der Waals surface area contributed by atoms with E-state index in [9.17, 15) is 9.59 Å². The van der Waals surface area contributed by atoms with Crippen molar-refractivity contribution in [1.82, 2.24) is 34.5 Å². The van der Waals surface area contributed by atoms with Crippen molar-refractivity contribution in [3.8, 4) is 11.1 Å². The summed E-state index contributed by atoms with van der Waals surface area (Å²) >= 11 is 7.08. The Hall–Kier alpha value is -3.55. The lowest BCUT2D eigenvalue weighted by Gasteiger charge is -2.39. The van der Waals surface area contributed by atoms with E-state index in [0.717, 1.165) is 64.9 Å². The summed E-state index contributed by atoms with van der Waals surface area (Å²) in [5.41, 5.74) is 3.31. The first-order valence-electron chi connectivity index (χ1n) is 16.8. The number of nitrogens with one attached hydrogen (secondary N) is 1. The number of likely N-dealkylation sites (N-methyl/N-ethyl adjacent to an activating group) is 1. The topological polar surface area (TPSA) is 120 Å². The highest BCUT2D eigenvalue weighted by Gasteiger charge is 2.42. The van der Waals surface area contributed by atoms with Crippen LogP contribution in [0.25, 0.3) is 33.2 Å². The molecule has 266 valence electrons. The molecule has 2 saturated heterocycles. The number of nitrogens with zero attached hydrogens (tertiary/aromatic N) is 7. The third kappa shape index (κ3) is 7.94. The minimum absolute atomic E-state index is 0.0523. The monoisotopic (exact) mass is 712 g/mol. The molecule has 2 bridgehead atoms. The summed E-state index contributed by atoms with van der Waals surface area (Å²) in [7, 11) is 2.76. The maximum Gasteiger partial charge on any atom is 0.407 e. The lowest BCUT2D eigenvalue weighted by atomic mass is 9.97. The summed E-state index contributed by atoms with van der Waals surface area (Å²) in [4.78, 5) is 39.1. The number of piperidine rings is 1. The molecule has 3 atom stereocenters. The Kier molecular flexibility index (Phi) is 9.82. The summed E-state index contributed by atoms with van der Waals surface area (Å²) in [6, 6.07) is 4.42. The number of carbonyl (C=O) groups is 2. The zero-order chi connectivity index (χ0) is 35.2. The van der Waals surface area contributed by atoms with Crippen LogP contribution in [0, 0.1) is 0 Å². The molecule has 6 rings (SSSR count). The van der Waals surface area contributed by atoms with Crippen molar-refractivity contribution in [2.75, 3.05) is 50.1 Å². The summed E-state index contributed by atoms with van der Waals surface area (Å²) in [5.74, 6) is 1.78. The van der Waals surface area contributed by atoms with Crippen LogP contribution in [0.5, 0.6) is 0 Å². The fourth-order valence-electron chi connectivity index (χ4n) is 6.75. The van der Waals surface area contributed by atoms with Crippen LogP contribution < -0.4 is 10.2 Å². The normalized spacial score (nSPS) is 19.9. The van der Waals surface area contributed by atoms with Gasteiger partial charge in [0.2, 0.25) is 5.91 Å². The van der Waals surface area contributed by atoms with Crippen molar-refractivity contribution in [3.63, 3.8) is 0 Å². The summed E-state index contributed by atoms with van der Waals surface area (Å²) in [6.45, 7) is 6.75. The van der Waals surface area contributed by atoms with Crippen molar-refractivity contribution in [3.05, 3.63) is 35.7 Å². The minimum Gasteiger partial charge on any atom is -0.444 e. The van der Waals surface area contributed by atoms with Crippen LogP contribution in [0.2, 0.25) is 5.02 Å². The third-order valence-corrected chi connectivity index (χ3v) is 10.9. The summed E-state index contributed by atoms with van der Waals surface area (Å²) in [5, 5.41) is 8.99. The molecule has 14 heteroatoms. The number of fused-ring (bicyclic) bond motifs is 4. The van der Waals surface area contributed by atoms with E-state index in [-0.39, 0.29) is 36.7 Å². The minimum atomic E-state index is -0.696. The SMILES string of the molecule is CN(C)C(=O)Cn1cc2c(Cl)c(-c3cn(COCCS(C)(C)C)c4nc(N5[C@@H]6CC[C@H]5CC(NC(=O)OC(C)(C)C)C6)cnc34)ccc2n1. The molecule has 1 unspecified atom stereocenters. The van der Waals surface area contributed by atoms with Gasteiger partial charge < -0.3 is 29.2 Å². The molecule has 0 aliphatic carbocycles. The predicted octanol–water partition coefficient (Wildman–Crippen LogP) is 5.88. The molecule has 0 radical (unpaired) electrons. The lowest BCUT2D eigenvalue weighted by molar-refractivity contribution is -0.129. The van der Waals surface area contributed by atoms with Gasteiger partial charge in [0.05, 0.1) is 23.3 Å². The van der Waals surface area contributed by atoms with Crippen LogP contribution in [0.1, 0.15) is 46.5 Å². The maximum atomic E-state index is 12.5. The first kappa shape index (κ1) is 35.3. The van der Waals surface area contributed by atoms with E-state index in [0.29, 0.717) is 23.9 Å². The molecule has 2 aliphatic rings. The fraction of sp³-hybridized carbons (Fsp3) is 0.571. The van der Waals surface area contributed by atoms with Gasteiger partial charge in [-0.15, -0.1) is 0 Å². The molecule has 1 N–H and O–H groups in total. The van der Waals surface area contributed by atoms with Gasteiger partial charge in [0.25, 0.3) is 0 Å². The maximum absolute atomic E-state index is 12.5. The second-order valence-corrected chi connectivity index (χ2v) is 20.3. The number of benzene rings is 1. The van der Waals surface area contributed by atoms with Crippen molar-refractivity contribution in [2.24, 2.45) is 0 Å². The number of amides is 2. The second-order valence-electron chi connectivity index (χ2n) is 15.3. The van der Waals surface area contributed by atoms with E-state index in [1.165, 1.54) is 0 Å². The van der Waals surface area contributed by atoms with Crippen molar-refractivity contribution >= 4 is 61.5 Å². The smallest absolute Gasteiger partial charge is 0.407 e. The predicted molar refractivity (Wildman–Crippen MR) is 198 cm³/mol. The average molecular weight is 713 g/mol. The van der Waals surface area contributed by atoms with Gasteiger partial charge in [-0.3, -0.25) is 9.48 Å². The van der Waals surface area contributed by atoms with E-state index >= 15 is 0 Å². The highest BCUT2D eigenvalue weighted by molar-refractivity contribution is 8.32. The molecule has 5 heterocycles. The Morgan fingerprint density at radius 2 is 1.80 bits per heavy atom. The van der Waals surface area contributed by atoms with Crippen molar-refractivity contribution in [1.29, 1.82) is 0 Å². The molecule has 0 spiro atoms. The zero-order valence-corrected chi connectivity index (χ0v) is 31.4. The molecular weight excluding hydrogens is 664 g/mol. The number of halogens is 1. The van der Waals surface area contributed by atoms with Gasteiger partial charge in [0.1, 0.15) is 30.2 Å². The van der Waals surface area contributed by atoms with Crippen LogP contribution in [-0.4, -0.2) is 110 Å². The van der Waals surface area contributed by atoms with Crippen LogP contribution in [0.15, 0.2) is 30.7 Å².